The van der Waals surface area contributed by atoms with E-state index in [4.69, 9.17) is 0 Å². The third-order valence-electron chi connectivity index (χ3n) is 3.48. The van der Waals surface area contributed by atoms with Gasteiger partial charge in [-0.2, -0.15) is 0 Å². The fourth-order valence-electron chi connectivity index (χ4n) is 2.43. The van der Waals surface area contributed by atoms with Crippen LogP contribution in [-0.4, -0.2) is 26.4 Å². The minimum atomic E-state index is 0.0242. The van der Waals surface area contributed by atoms with Crippen molar-refractivity contribution in [2.75, 3.05) is 6.54 Å². The maximum absolute atomic E-state index is 11.8. The number of aromatic amines is 1. The van der Waals surface area contributed by atoms with Crippen LogP contribution in [0.3, 0.4) is 0 Å². The first-order valence-corrected chi connectivity index (χ1v) is 7.21. The Hall–Kier alpha value is -1.53. The van der Waals surface area contributed by atoms with Crippen LogP contribution in [0.25, 0.3) is 0 Å². The lowest BCUT2D eigenvalue weighted by Crippen LogP contribution is -2.35. The van der Waals surface area contributed by atoms with Crippen molar-refractivity contribution in [3.8, 4) is 0 Å². The zero-order valence-corrected chi connectivity index (χ0v) is 11.9. The van der Waals surface area contributed by atoms with Crippen LogP contribution in [0.5, 0.6) is 0 Å². The summed E-state index contributed by atoms with van der Waals surface area (Å²) >= 11 is 1.69. The van der Waals surface area contributed by atoms with E-state index in [1.807, 2.05) is 19.4 Å². The van der Waals surface area contributed by atoms with Gasteiger partial charge in [0.05, 0.1) is 16.9 Å². The fraction of sp³-hybridized carbons (Fsp3) is 0.462. The molecule has 2 aromatic rings. The molecule has 3 heterocycles. The van der Waals surface area contributed by atoms with Crippen LogP contribution in [0.4, 0.5) is 0 Å². The molecule has 6 heteroatoms. The van der Waals surface area contributed by atoms with Crippen molar-refractivity contribution in [2.24, 2.45) is 0 Å². The Labute approximate surface area is 115 Å². The average Bonchev–Trinajstić information content (AvgIpc) is 2.74. The Balaban J connectivity index is 1.82. The smallest absolute Gasteiger partial charge is 0.254 e. The molecule has 1 aliphatic heterocycles. The maximum Gasteiger partial charge on any atom is 0.254 e. The van der Waals surface area contributed by atoms with Gasteiger partial charge in [-0.3, -0.25) is 9.69 Å². The zero-order chi connectivity index (χ0) is 13.4. The molecule has 5 nitrogen and oxygen atoms in total. The maximum atomic E-state index is 11.8. The van der Waals surface area contributed by atoms with E-state index >= 15 is 0 Å². The molecule has 1 N–H and O–H groups in total. The summed E-state index contributed by atoms with van der Waals surface area (Å²) in [5.74, 6) is 0.694. The highest BCUT2D eigenvalue weighted by molar-refractivity contribution is 7.09. The summed E-state index contributed by atoms with van der Waals surface area (Å²) in [7, 11) is 0. The standard InChI is InChI=1S/C13H16N4OS/c1-8-12(19-7-14-8)6-17-4-3-10-11(5-17)15-9(2)16-13(10)18/h7H,3-6H2,1-2H3,(H,15,16,18). The summed E-state index contributed by atoms with van der Waals surface area (Å²) < 4.78 is 0. The second kappa shape index (κ2) is 4.86. The number of H-pyrrole nitrogens is 1. The molecule has 19 heavy (non-hydrogen) atoms. The number of thiazole rings is 1. The predicted octanol–water partition coefficient (Wildman–Crippen LogP) is 1.40. The molecule has 0 aromatic carbocycles. The number of nitrogens with zero attached hydrogens (tertiary/aromatic N) is 3. The van der Waals surface area contributed by atoms with Crippen molar-refractivity contribution in [3.05, 3.63) is 43.5 Å². The number of aryl methyl sites for hydroxylation is 2. The predicted molar refractivity (Wildman–Crippen MR) is 74.3 cm³/mol. The third-order valence-corrected chi connectivity index (χ3v) is 4.40. The lowest BCUT2D eigenvalue weighted by Gasteiger charge is -2.27. The molecule has 0 saturated carbocycles. The Morgan fingerprint density at radius 2 is 2.32 bits per heavy atom. The van der Waals surface area contributed by atoms with Crippen LogP contribution < -0.4 is 5.56 Å². The first-order valence-electron chi connectivity index (χ1n) is 6.33. The molecule has 0 radical (unpaired) electrons. The first kappa shape index (κ1) is 12.5. The Bertz CT molecular complexity index is 661. The van der Waals surface area contributed by atoms with E-state index in [0.29, 0.717) is 5.82 Å². The number of aromatic nitrogens is 3. The van der Waals surface area contributed by atoms with Gasteiger partial charge in [-0.15, -0.1) is 11.3 Å². The highest BCUT2D eigenvalue weighted by atomic mass is 32.1. The largest absolute Gasteiger partial charge is 0.311 e. The molecule has 1 aliphatic rings. The molecule has 0 amide bonds. The molecule has 0 bridgehead atoms. The topological polar surface area (TPSA) is 61.9 Å². The SMILES string of the molecule is Cc1nc2c(c(=O)[nH]1)CCN(Cc1scnc1C)C2. The minimum absolute atomic E-state index is 0.0242. The van der Waals surface area contributed by atoms with Gasteiger partial charge in [0.1, 0.15) is 5.82 Å². The summed E-state index contributed by atoms with van der Waals surface area (Å²) in [6, 6.07) is 0. The minimum Gasteiger partial charge on any atom is -0.311 e. The summed E-state index contributed by atoms with van der Waals surface area (Å²) in [6.07, 6.45) is 0.774. The molecule has 0 spiro atoms. The second-order valence-electron chi connectivity index (χ2n) is 4.90. The van der Waals surface area contributed by atoms with E-state index in [-0.39, 0.29) is 5.56 Å². The molecule has 100 valence electrons. The van der Waals surface area contributed by atoms with Gasteiger partial charge in [-0.1, -0.05) is 0 Å². The monoisotopic (exact) mass is 276 g/mol. The Morgan fingerprint density at radius 1 is 1.47 bits per heavy atom. The molecule has 0 saturated heterocycles. The number of hydrogen-bond donors (Lipinski definition) is 1. The Kier molecular flexibility index (Phi) is 3.20. The van der Waals surface area contributed by atoms with Crippen molar-refractivity contribution in [3.63, 3.8) is 0 Å². The number of rotatable bonds is 2. The normalized spacial score (nSPS) is 15.5. The third kappa shape index (κ3) is 2.46. The highest BCUT2D eigenvalue weighted by Gasteiger charge is 2.21. The summed E-state index contributed by atoms with van der Waals surface area (Å²) in [6.45, 7) is 6.41. The number of fused-ring (bicyclic) bond motifs is 1. The lowest BCUT2D eigenvalue weighted by molar-refractivity contribution is 0.241. The van der Waals surface area contributed by atoms with Gasteiger partial charge in [0.25, 0.3) is 5.56 Å². The van der Waals surface area contributed by atoms with Crippen LogP contribution in [0.15, 0.2) is 10.3 Å². The molecular formula is C13H16N4OS. The van der Waals surface area contributed by atoms with Crippen molar-refractivity contribution in [2.45, 2.75) is 33.4 Å². The Morgan fingerprint density at radius 3 is 3.05 bits per heavy atom. The summed E-state index contributed by atoms with van der Waals surface area (Å²) in [5, 5.41) is 0. The van der Waals surface area contributed by atoms with Gasteiger partial charge in [-0.25, -0.2) is 9.97 Å². The summed E-state index contributed by atoms with van der Waals surface area (Å²) in [5.41, 5.74) is 4.79. The number of hydrogen-bond acceptors (Lipinski definition) is 5. The summed E-state index contributed by atoms with van der Waals surface area (Å²) in [4.78, 5) is 27.0. The zero-order valence-electron chi connectivity index (χ0n) is 11.1. The second-order valence-corrected chi connectivity index (χ2v) is 5.84. The van der Waals surface area contributed by atoms with Gasteiger partial charge in [0.15, 0.2) is 0 Å². The van der Waals surface area contributed by atoms with Gasteiger partial charge in [0, 0.05) is 30.1 Å². The molecule has 0 fully saturated rings. The van der Waals surface area contributed by atoms with Crippen molar-refractivity contribution < 1.29 is 0 Å². The average molecular weight is 276 g/mol. The van der Waals surface area contributed by atoms with Crippen LogP contribution in [-0.2, 0) is 19.5 Å². The van der Waals surface area contributed by atoms with Crippen LogP contribution in [0.2, 0.25) is 0 Å². The molecule has 3 rings (SSSR count). The quantitative estimate of drug-likeness (QED) is 0.900. The highest BCUT2D eigenvalue weighted by Crippen LogP contribution is 2.20. The van der Waals surface area contributed by atoms with E-state index in [1.54, 1.807) is 11.3 Å². The van der Waals surface area contributed by atoms with E-state index in [1.165, 1.54) is 4.88 Å². The fourth-order valence-corrected chi connectivity index (χ4v) is 3.25. The van der Waals surface area contributed by atoms with Crippen LogP contribution in [0, 0.1) is 13.8 Å². The van der Waals surface area contributed by atoms with Crippen LogP contribution >= 0.6 is 11.3 Å². The van der Waals surface area contributed by atoms with Gasteiger partial charge < -0.3 is 4.98 Å². The molecule has 2 aromatic heterocycles. The van der Waals surface area contributed by atoms with Gasteiger partial charge >= 0.3 is 0 Å². The number of nitrogens with one attached hydrogen (secondary N) is 1. The van der Waals surface area contributed by atoms with Crippen LogP contribution in [0.1, 0.15) is 27.7 Å². The van der Waals surface area contributed by atoms with Crippen molar-refractivity contribution in [1.82, 2.24) is 19.9 Å². The van der Waals surface area contributed by atoms with E-state index < -0.39 is 0 Å². The lowest BCUT2D eigenvalue weighted by atomic mass is 10.1. The molecular weight excluding hydrogens is 260 g/mol. The van der Waals surface area contributed by atoms with Gasteiger partial charge in [-0.05, 0) is 20.3 Å². The van der Waals surface area contributed by atoms with Crippen molar-refractivity contribution in [1.29, 1.82) is 0 Å². The molecule has 0 unspecified atom stereocenters. The first-order chi connectivity index (χ1) is 9.13. The molecule has 0 atom stereocenters. The van der Waals surface area contributed by atoms with E-state index in [9.17, 15) is 4.79 Å². The van der Waals surface area contributed by atoms with Gasteiger partial charge in [0.2, 0.25) is 0 Å². The van der Waals surface area contributed by atoms with Crippen molar-refractivity contribution >= 4 is 11.3 Å². The van der Waals surface area contributed by atoms with E-state index in [2.05, 4.69) is 19.9 Å². The molecule has 0 aliphatic carbocycles. The van der Waals surface area contributed by atoms with E-state index in [0.717, 1.165) is 43.0 Å².